The summed E-state index contributed by atoms with van der Waals surface area (Å²) in [4.78, 5) is 21.7. The quantitative estimate of drug-likeness (QED) is 0.616. The van der Waals surface area contributed by atoms with Crippen molar-refractivity contribution in [3.63, 3.8) is 0 Å². The zero-order valence-corrected chi connectivity index (χ0v) is 10.2. The maximum Gasteiger partial charge on any atom is 0.318 e. The third-order valence-corrected chi connectivity index (χ3v) is 2.57. The molecule has 5 nitrogen and oxygen atoms in total. The van der Waals surface area contributed by atoms with E-state index in [0.717, 1.165) is 12.2 Å². The summed E-state index contributed by atoms with van der Waals surface area (Å²) in [7, 11) is 0. The number of nitrogens with two attached hydrogens (primary N) is 1. The predicted octanol–water partition coefficient (Wildman–Crippen LogP) is 0.301. The maximum absolute atomic E-state index is 11.3. The Morgan fingerprint density at radius 3 is 2.47 bits per heavy atom. The molecule has 0 bridgehead atoms. The minimum atomic E-state index is -0.814. The van der Waals surface area contributed by atoms with E-state index in [1.54, 1.807) is 18.7 Å². The van der Waals surface area contributed by atoms with Crippen LogP contribution in [-0.4, -0.2) is 36.0 Å². The first-order valence-corrected chi connectivity index (χ1v) is 6.22. The van der Waals surface area contributed by atoms with Crippen LogP contribution in [0.4, 0.5) is 4.79 Å². The Bertz CT molecular complexity index is 223. The summed E-state index contributed by atoms with van der Waals surface area (Å²) in [6, 6.07) is -0.981. The van der Waals surface area contributed by atoms with Crippen LogP contribution in [0.1, 0.15) is 20.3 Å². The molecule has 0 heterocycles. The first-order chi connectivity index (χ1) is 6.97. The van der Waals surface area contributed by atoms with Crippen molar-refractivity contribution in [1.82, 2.24) is 10.6 Å². The number of rotatable bonds is 6. The summed E-state index contributed by atoms with van der Waals surface area (Å²) < 4.78 is 0. The summed E-state index contributed by atoms with van der Waals surface area (Å²) in [6.45, 7) is 3.71. The van der Waals surface area contributed by atoms with Gasteiger partial charge in [-0.15, -0.1) is 0 Å². The third kappa shape index (κ3) is 7.21. The zero-order valence-electron chi connectivity index (χ0n) is 9.37. The largest absolute Gasteiger partial charge is 0.351 e. The first-order valence-electron chi connectivity index (χ1n) is 4.82. The molecule has 0 aliphatic rings. The molecule has 0 radical (unpaired) electrons. The third-order valence-electron chi connectivity index (χ3n) is 1.93. The topological polar surface area (TPSA) is 84.2 Å². The van der Waals surface area contributed by atoms with Crippen LogP contribution in [0.2, 0.25) is 0 Å². The fraction of sp³-hybridized carbons (Fsp3) is 0.778. The van der Waals surface area contributed by atoms with E-state index in [4.69, 9.17) is 5.73 Å². The van der Waals surface area contributed by atoms with Gasteiger partial charge in [0.25, 0.3) is 0 Å². The fourth-order valence-corrected chi connectivity index (χ4v) is 1.70. The van der Waals surface area contributed by atoms with Crippen LogP contribution < -0.4 is 16.4 Å². The summed E-state index contributed by atoms with van der Waals surface area (Å²) in [5.41, 5.74) is 4.84. The molecular weight excluding hydrogens is 214 g/mol. The van der Waals surface area contributed by atoms with Gasteiger partial charge in [-0.1, -0.05) is 0 Å². The normalized spacial score (nSPS) is 14.3. The first kappa shape index (κ1) is 14.2. The Morgan fingerprint density at radius 2 is 2.00 bits per heavy atom. The van der Waals surface area contributed by atoms with Gasteiger partial charge in [0.15, 0.2) is 0 Å². The van der Waals surface area contributed by atoms with Crippen molar-refractivity contribution in [1.29, 1.82) is 0 Å². The summed E-state index contributed by atoms with van der Waals surface area (Å²) in [6.07, 6.45) is 3.02. The van der Waals surface area contributed by atoms with Gasteiger partial charge in [0.2, 0.25) is 5.91 Å². The monoisotopic (exact) mass is 233 g/mol. The van der Waals surface area contributed by atoms with Crippen LogP contribution in [0.5, 0.6) is 0 Å². The lowest BCUT2D eigenvalue weighted by Gasteiger charge is -2.18. The SMILES string of the molecule is CSCCC(C)NC(C)C(=O)NC(N)=O. The number of amides is 3. The van der Waals surface area contributed by atoms with Gasteiger partial charge in [0.1, 0.15) is 0 Å². The van der Waals surface area contributed by atoms with Crippen molar-refractivity contribution in [2.24, 2.45) is 5.73 Å². The highest BCUT2D eigenvalue weighted by Crippen LogP contribution is 2.00. The van der Waals surface area contributed by atoms with Crippen molar-refractivity contribution >= 4 is 23.7 Å². The average Bonchev–Trinajstić information content (AvgIpc) is 2.13. The summed E-state index contributed by atoms with van der Waals surface area (Å²) in [5, 5.41) is 5.12. The van der Waals surface area contributed by atoms with Crippen LogP contribution in [0, 0.1) is 0 Å². The molecular formula is C9H19N3O2S. The Labute approximate surface area is 94.5 Å². The lowest BCUT2D eigenvalue weighted by atomic mass is 10.2. The number of carbonyl (C=O) groups excluding carboxylic acids is 2. The maximum atomic E-state index is 11.3. The average molecular weight is 233 g/mol. The molecule has 88 valence electrons. The minimum Gasteiger partial charge on any atom is -0.351 e. The van der Waals surface area contributed by atoms with Crippen molar-refractivity contribution in [2.75, 3.05) is 12.0 Å². The van der Waals surface area contributed by atoms with E-state index >= 15 is 0 Å². The minimum absolute atomic E-state index is 0.242. The Hall–Kier alpha value is -0.750. The molecule has 15 heavy (non-hydrogen) atoms. The molecule has 3 amide bonds. The van der Waals surface area contributed by atoms with Gasteiger partial charge >= 0.3 is 6.03 Å². The number of hydrogen-bond donors (Lipinski definition) is 3. The van der Waals surface area contributed by atoms with Gasteiger partial charge in [-0.25, -0.2) is 4.79 Å². The van der Waals surface area contributed by atoms with Crippen molar-refractivity contribution in [3.05, 3.63) is 0 Å². The van der Waals surface area contributed by atoms with E-state index in [0.29, 0.717) is 0 Å². The van der Waals surface area contributed by atoms with Crippen molar-refractivity contribution < 1.29 is 9.59 Å². The molecule has 2 atom stereocenters. The van der Waals surface area contributed by atoms with E-state index in [1.807, 2.05) is 18.5 Å². The van der Waals surface area contributed by atoms with Crippen LogP contribution in [0.15, 0.2) is 0 Å². The highest BCUT2D eigenvalue weighted by Gasteiger charge is 2.15. The number of thioether (sulfide) groups is 1. The molecule has 4 N–H and O–H groups in total. The molecule has 0 saturated heterocycles. The predicted molar refractivity (Wildman–Crippen MR) is 62.8 cm³/mol. The standard InChI is InChI=1S/C9H19N3O2S/c1-6(4-5-15-3)11-7(2)8(13)12-9(10)14/h6-7,11H,4-5H2,1-3H3,(H3,10,12,13,14). The molecule has 0 saturated carbocycles. The number of imide groups is 1. The smallest absolute Gasteiger partial charge is 0.318 e. The molecule has 2 unspecified atom stereocenters. The lowest BCUT2D eigenvalue weighted by molar-refractivity contribution is -0.121. The van der Waals surface area contributed by atoms with Gasteiger partial charge in [0.05, 0.1) is 6.04 Å². The number of hydrogen-bond acceptors (Lipinski definition) is 4. The Balaban J connectivity index is 3.84. The van der Waals surface area contributed by atoms with E-state index < -0.39 is 18.0 Å². The lowest BCUT2D eigenvalue weighted by Crippen LogP contribution is -2.48. The Morgan fingerprint density at radius 1 is 1.40 bits per heavy atom. The molecule has 0 aliphatic carbocycles. The van der Waals surface area contributed by atoms with Gasteiger partial charge in [-0.3, -0.25) is 10.1 Å². The highest BCUT2D eigenvalue weighted by atomic mass is 32.2. The van der Waals surface area contributed by atoms with E-state index in [1.165, 1.54) is 0 Å². The summed E-state index contributed by atoms with van der Waals surface area (Å²) >= 11 is 1.76. The van der Waals surface area contributed by atoms with Crippen LogP contribution in [0.3, 0.4) is 0 Å². The summed E-state index contributed by atoms with van der Waals surface area (Å²) in [5.74, 6) is 0.650. The van der Waals surface area contributed by atoms with Crippen molar-refractivity contribution in [2.45, 2.75) is 32.4 Å². The molecule has 0 aliphatic heterocycles. The van der Waals surface area contributed by atoms with Gasteiger partial charge in [-0.05, 0) is 32.3 Å². The molecule has 0 rings (SSSR count). The molecule has 0 spiro atoms. The number of carbonyl (C=O) groups is 2. The van der Waals surface area contributed by atoms with Gasteiger partial charge in [-0.2, -0.15) is 11.8 Å². The Kier molecular flexibility index (Phi) is 7.15. The number of nitrogens with one attached hydrogen (secondary N) is 2. The second-order valence-electron chi connectivity index (χ2n) is 3.42. The molecule has 6 heteroatoms. The second kappa shape index (κ2) is 7.53. The molecule has 0 aromatic carbocycles. The van der Waals surface area contributed by atoms with E-state index in [-0.39, 0.29) is 6.04 Å². The number of urea groups is 1. The molecule has 0 fully saturated rings. The van der Waals surface area contributed by atoms with Crippen LogP contribution in [-0.2, 0) is 4.79 Å². The fourth-order valence-electron chi connectivity index (χ4n) is 1.11. The number of primary amides is 1. The zero-order chi connectivity index (χ0) is 11.8. The van der Waals surface area contributed by atoms with Gasteiger partial charge < -0.3 is 11.1 Å². The van der Waals surface area contributed by atoms with Crippen molar-refractivity contribution in [3.8, 4) is 0 Å². The van der Waals surface area contributed by atoms with E-state index in [2.05, 4.69) is 5.32 Å². The van der Waals surface area contributed by atoms with Crippen LogP contribution in [0.25, 0.3) is 0 Å². The van der Waals surface area contributed by atoms with E-state index in [9.17, 15) is 9.59 Å². The van der Waals surface area contributed by atoms with Gasteiger partial charge in [0, 0.05) is 6.04 Å². The highest BCUT2D eigenvalue weighted by molar-refractivity contribution is 7.98. The molecule has 0 aromatic rings. The van der Waals surface area contributed by atoms with Crippen LogP contribution >= 0.6 is 11.8 Å². The second-order valence-corrected chi connectivity index (χ2v) is 4.41. The molecule has 0 aromatic heterocycles.